The maximum absolute atomic E-state index is 10.9. The summed E-state index contributed by atoms with van der Waals surface area (Å²) in [5.74, 6) is -0.992. The lowest BCUT2D eigenvalue weighted by Gasteiger charge is -2.16. The smallest absolute Gasteiger partial charge is 0.354 e. The number of hydrogen-bond acceptors (Lipinski definition) is 3. The van der Waals surface area contributed by atoms with Crippen molar-refractivity contribution in [2.24, 2.45) is 0 Å². The lowest BCUT2D eigenvalue weighted by molar-refractivity contribution is 0.0690. The van der Waals surface area contributed by atoms with Crippen LogP contribution in [0.2, 0.25) is 0 Å². The van der Waals surface area contributed by atoms with E-state index in [-0.39, 0.29) is 5.69 Å². The number of carboxylic acids is 1. The highest BCUT2D eigenvalue weighted by Gasteiger charge is 2.07. The van der Waals surface area contributed by atoms with Crippen molar-refractivity contribution in [1.82, 2.24) is 9.88 Å². The third-order valence-electron chi connectivity index (χ3n) is 2.99. The van der Waals surface area contributed by atoms with Crippen molar-refractivity contribution < 1.29 is 9.90 Å². The molecule has 1 aromatic carbocycles. The minimum atomic E-state index is -0.992. The zero-order valence-electron chi connectivity index (χ0n) is 11.7. The summed E-state index contributed by atoms with van der Waals surface area (Å²) in [5, 5.41) is 8.93. The Balaban J connectivity index is 2.02. The molecule has 104 valence electrons. The lowest BCUT2D eigenvalue weighted by Crippen LogP contribution is -2.18. The van der Waals surface area contributed by atoms with Gasteiger partial charge in [0.25, 0.3) is 0 Å². The number of hydrogen-bond donors (Lipinski definition) is 1. The maximum Gasteiger partial charge on any atom is 0.354 e. The minimum Gasteiger partial charge on any atom is -0.477 e. The van der Waals surface area contributed by atoms with Crippen LogP contribution in [0, 0.1) is 6.92 Å². The molecule has 0 aliphatic heterocycles. The van der Waals surface area contributed by atoms with E-state index in [4.69, 9.17) is 5.11 Å². The van der Waals surface area contributed by atoms with E-state index < -0.39 is 5.97 Å². The molecule has 0 aliphatic carbocycles. The first-order valence-electron chi connectivity index (χ1n) is 6.48. The Morgan fingerprint density at radius 3 is 2.65 bits per heavy atom. The van der Waals surface area contributed by atoms with Gasteiger partial charge in [0, 0.05) is 13.1 Å². The van der Waals surface area contributed by atoms with Crippen LogP contribution < -0.4 is 0 Å². The van der Waals surface area contributed by atoms with Gasteiger partial charge in [0.05, 0.1) is 5.69 Å². The molecule has 1 aromatic heterocycles. The Labute approximate surface area is 118 Å². The molecule has 0 spiro atoms. The predicted octanol–water partition coefficient (Wildman–Crippen LogP) is 2.72. The van der Waals surface area contributed by atoms with Gasteiger partial charge >= 0.3 is 5.97 Å². The fourth-order valence-electron chi connectivity index (χ4n) is 2.14. The van der Waals surface area contributed by atoms with Crippen molar-refractivity contribution in [3.05, 3.63) is 65.0 Å². The molecular weight excluding hydrogens is 252 g/mol. The summed E-state index contributed by atoms with van der Waals surface area (Å²) in [4.78, 5) is 17.1. The average Bonchev–Trinajstić information content (AvgIpc) is 2.38. The molecule has 2 aromatic rings. The van der Waals surface area contributed by atoms with E-state index in [9.17, 15) is 4.79 Å². The summed E-state index contributed by atoms with van der Waals surface area (Å²) in [5.41, 5.74) is 3.33. The van der Waals surface area contributed by atoms with Gasteiger partial charge in [-0.25, -0.2) is 9.78 Å². The monoisotopic (exact) mass is 270 g/mol. The molecule has 2 rings (SSSR count). The first kappa shape index (κ1) is 14.2. The normalized spacial score (nSPS) is 10.8. The van der Waals surface area contributed by atoms with E-state index in [0.29, 0.717) is 6.54 Å². The van der Waals surface area contributed by atoms with Gasteiger partial charge in [0.2, 0.25) is 0 Å². The Bertz CT molecular complexity index is 611. The number of aromatic nitrogens is 1. The summed E-state index contributed by atoms with van der Waals surface area (Å²) < 4.78 is 0. The van der Waals surface area contributed by atoms with Crippen molar-refractivity contribution >= 4 is 5.97 Å². The molecule has 0 saturated carbocycles. The second-order valence-electron chi connectivity index (χ2n) is 4.98. The molecule has 1 N–H and O–H groups in total. The molecule has 0 aliphatic rings. The molecule has 1 heterocycles. The van der Waals surface area contributed by atoms with Crippen LogP contribution in [0.25, 0.3) is 0 Å². The molecule has 0 fully saturated rings. The summed E-state index contributed by atoms with van der Waals surface area (Å²) in [7, 11) is 2.00. The van der Waals surface area contributed by atoms with E-state index in [2.05, 4.69) is 35.0 Å². The number of benzene rings is 1. The van der Waals surface area contributed by atoms with Gasteiger partial charge in [0.1, 0.15) is 5.69 Å². The topological polar surface area (TPSA) is 53.4 Å². The molecule has 0 saturated heterocycles. The Morgan fingerprint density at radius 2 is 1.95 bits per heavy atom. The number of aryl methyl sites for hydroxylation is 1. The zero-order valence-corrected chi connectivity index (χ0v) is 11.7. The third-order valence-corrected chi connectivity index (χ3v) is 2.99. The Kier molecular flexibility index (Phi) is 4.48. The van der Waals surface area contributed by atoms with E-state index in [1.54, 1.807) is 6.07 Å². The molecule has 4 heteroatoms. The van der Waals surface area contributed by atoms with Crippen LogP contribution in [0.5, 0.6) is 0 Å². The van der Waals surface area contributed by atoms with Crippen molar-refractivity contribution in [3.8, 4) is 0 Å². The molecule has 0 amide bonds. The van der Waals surface area contributed by atoms with Crippen LogP contribution in [0.1, 0.15) is 27.3 Å². The Hall–Kier alpha value is -2.20. The fraction of sp³-hybridized carbons (Fsp3) is 0.250. The highest BCUT2D eigenvalue weighted by molar-refractivity contribution is 5.85. The largest absolute Gasteiger partial charge is 0.477 e. The summed E-state index contributed by atoms with van der Waals surface area (Å²) in [6.07, 6.45) is 0. The second-order valence-corrected chi connectivity index (χ2v) is 4.98. The standard InChI is InChI=1S/C16H18N2O2/c1-12-5-3-6-13(9-12)10-18(2)11-14-7-4-8-15(17-14)16(19)20/h3-9H,10-11H2,1-2H3,(H,19,20). The summed E-state index contributed by atoms with van der Waals surface area (Å²) in [6.45, 7) is 3.50. The van der Waals surface area contributed by atoms with Crippen molar-refractivity contribution in [3.63, 3.8) is 0 Å². The highest BCUT2D eigenvalue weighted by atomic mass is 16.4. The van der Waals surface area contributed by atoms with Crippen LogP contribution in [-0.2, 0) is 13.1 Å². The van der Waals surface area contributed by atoms with Crippen LogP contribution in [0.3, 0.4) is 0 Å². The Morgan fingerprint density at radius 1 is 1.20 bits per heavy atom. The molecular formula is C16H18N2O2. The van der Waals surface area contributed by atoms with E-state index in [1.165, 1.54) is 17.2 Å². The van der Waals surface area contributed by atoms with Crippen molar-refractivity contribution in [2.45, 2.75) is 20.0 Å². The van der Waals surface area contributed by atoms with Crippen LogP contribution >= 0.6 is 0 Å². The van der Waals surface area contributed by atoms with Gasteiger partial charge in [-0.15, -0.1) is 0 Å². The van der Waals surface area contributed by atoms with Crippen LogP contribution in [-0.4, -0.2) is 28.0 Å². The van der Waals surface area contributed by atoms with Gasteiger partial charge in [-0.1, -0.05) is 35.9 Å². The van der Waals surface area contributed by atoms with Gasteiger partial charge < -0.3 is 5.11 Å². The van der Waals surface area contributed by atoms with Crippen LogP contribution in [0.15, 0.2) is 42.5 Å². The van der Waals surface area contributed by atoms with E-state index >= 15 is 0 Å². The first-order valence-corrected chi connectivity index (χ1v) is 6.48. The van der Waals surface area contributed by atoms with E-state index in [0.717, 1.165) is 12.2 Å². The molecule has 0 unspecified atom stereocenters. The highest BCUT2D eigenvalue weighted by Crippen LogP contribution is 2.09. The number of rotatable bonds is 5. The van der Waals surface area contributed by atoms with Crippen molar-refractivity contribution in [2.75, 3.05) is 7.05 Å². The number of pyridine rings is 1. The van der Waals surface area contributed by atoms with Crippen molar-refractivity contribution in [1.29, 1.82) is 0 Å². The SMILES string of the molecule is Cc1cccc(CN(C)Cc2cccc(C(=O)O)n2)c1. The molecule has 0 atom stereocenters. The minimum absolute atomic E-state index is 0.0893. The average molecular weight is 270 g/mol. The summed E-state index contributed by atoms with van der Waals surface area (Å²) in [6, 6.07) is 13.4. The number of nitrogens with zero attached hydrogens (tertiary/aromatic N) is 2. The first-order chi connectivity index (χ1) is 9.54. The molecule has 20 heavy (non-hydrogen) atoms. The van der Waals surface area contributed by atoms with Gasteiger partial charge in [-0.2, -0.15) is 0 Å². The lowest BCUT2D eigenvalue weighted by atomic mass is 10.1. The second kappa shape index (κ2) is 6.30. The van der Waals surface area contributed by atoms with Gasteiger partial charge in [-0.05, 0) is 31.7 Å². The molecule has 0 bridgehead atoms. The predicted molar refractivity (Wildman–Crippen MR) is 77.5 cm³/mol. The third kappa shape index (κ3) is 3.90. The number of carbonyl (C=O) groups is 1. The molecule has 0 radical (unpaired) electrons. The van der Waals surface area contributed by atoms with Gasteiger partial charge in [-0.3, -0.25) is 4.90 Å². The summed E-state index contributed by atoms with van der Waals surface area (Å²) >= 11 is 0. The zero-order chi connectivity index (χ0) is 14.5. The van der Waals surface area contributed by atoms with Gasteiger partial charge in [0.15, 0.2) is 0 Å². The number of carboxylic acid groups (broad SMARTS) is 1. The fourth-order valence-corrected chi connectivity index (χ4v) is 2.14. The van der Waals surface area contributed by atoms with Crippen LogP contribution in [0.4, 0.5) is 0 Å². The maximum atomic E-state index is 10.9. The quantitative estimate of drug-likeness (QED) is 0.907. The number of aromatic carboxylic acids is 1. The molecule has 4 nitrogen and oxygen atoms in total. The van der Waals surface area contributed by atoms with E-state index in [1.807, 2.05) is 19.2 Å².